The summed E-state index contributed by atoms with van der Waals surface area (Å²) in [5.41, 5.74) is 5.89. The third kappa shape index (κ3) is 7.30. The first-order valence-corrected chi connectivity index (χ1v) is 14.2. The molecule has 1 aromatic heterocycles. The van der Waals surface area contributed by atoms with Crippen molar-refractivity contribution in [1.29, 1.82) is 0 Å². The van der Waals surface area contributed by atoms with Gasteiger partial charge in [0, 0.05) is 38.7 Å². The van der Waals surface area contributed by atoms with Crippen molar-refractivity contribution in [2.75, 3.05) is 32.4 Å². The van der Waals surface area contributed by atoms with E-state index in [1.807, 2.05) is 0 Å². The van der Waals surface area contributed by atoms with E-state index in [4.69, 9.17) is 29.5 Å². The standard InChI is InChI=1S/C24H30FN5O8S/c1-14(2)34-24(31)38-30-8-6-15(7-9-30)35-22-20(21-27-12-16(11-26)36-21)23(29-13-28-22)37-19-5-4-17(10-18(19)25)39(3,32)33/h4-5,10,13-16H,6-9,11-12,26H2,1-3H3. The Morgan fingerprint density at radius 3 is 2.56 bits per heavy atom. The molecule has 1 fully saturated rings. The Hall–Kier alpha value is -3.56. The Balaban J connectivity index is 1.54. The van der Waals surface area contributed by atoms with E-state index in [0.29, 0.717) is 32.5 Å². The van der Waals surface area contributed by atoms with Crippen molar-refractivity contribution in [3.8, 4) is 17.5 Å². The lowest BCUT2D eigenvalue weighted by Crippen LogP contribution is -2.40. The number of aromatic nitrogens is 2. The highest BCUT2D eigenvalue weighted by atomic mass is 32.2. The second-order valence-corrected chi connectivity index (χ2v) is 11.2. The summed E-state index contributed by atoms with van der Waals surface area (Å²) in [4.78, 5) is 29.5. The first-order valence-electron chi connectivity index (χ1n) is 12.3. The second-order valence-electron chi connectivity index (χ2n) is 9.20. The zero-order chi connectivity index (χ0) is 28.2. The molecule has 1 aromatic carbocycles. The SMILES string of the molecule is CC(C)OC(=O)ON1CCC(Oc2ncnc(Oc3ccc(S(C)(=O)=O)cc3F)c2C2=NCC(CN)O2)CC1. The van der Waals surface area contributed by atoms with Crippen molar-refractivity contribution < 1.29 is 41.4 Å². The summed E-state index contributed by atoms with van der Waals surface area (Å²) in [6.45, 7) is 4.75. The van der Waals surface area contributed by atoms with Gasteiger partial charge in [0.05, 0.1) is 17.5 Å². The van der Waals surface area contributed by atoms with Crippen LogP contribution in [0.1, 0.15) is 32.3 Å². The van der Waals surface area contributed by atoms with Crippen LogP contribution in [0.4, 0.5) is 9.18 Å². The third-order valence-electron chi connectivity index (χ3n) is 5.72. The van der Waals surface area contributed by atoms with E-state index in [0.717, 1.165) is 12.3 Å². The van der Waals surface area contributed by atoms with Crippen LogP contribution >= 0.6 is 0 Å². The summed E-state index contributed by atoms with van der Waals surface area (Å²) < 4.78 is 61.0. The van der Waals surface area contributed by atoms with Crippen LogP contribution in [0.2, 0.25) is 0 Å². The van der Waals surface area contributed by atoms with E-state index >= 15 is 0 Å². The molecule has 0 spiro atoms. The number of piperidine rings is 1. The van der Waals surface area contributed by atoms with Crippen LogP contribution in [0.25, 0.3) is 0 Å². The maximum atomic E-state index is 14.8. The number of carbonyl (C=O) groups is 1. The smallest absolute Gasteiger partial charge is 0.474 e. The Kier molecular flexibility index (Phi) is 8.82. The van der Waals surface area contributed by atoms with E-state index in [2.05, 4.69) is 15.0 Å². The molecule has 1 unspecified atom stereocenters. The lowest BCUT2D eigenvalue weighted by atomic mass is 10.1. The second kappa shape index (κ2) is 12.1. The van der Waals surface area contributed by atoms with Crippen LogP contribution in [-0.4, -0.2) is 86.2 Å². The summed E-state index contributed by atoms with van der Waals surface area (Å²) in [6, 6.07) is 3.29. The van der Waals surface area contributed by atoms with Gasteiger partial charge in [0.15, 0.2) is 27.0 Å². The van der Waals surface area contributed by atoms with Crippen molar-refractivity contribution in [2.24, 2.45) is 10.7 Å². The van der Waals surface area contributed by atoms with Gasteiger partial charge in [-0.05, 0) is 32.0 Å². The number of aliphatic imine (C=N–C) groups is 1. The third-order valence-corrected chi connectivity index (χ3v) is 6.83. The van der Waals surface area contributed by atoms with E-state index < -0.39 is 21.8 Å². The average molecular weight is 568 g/mol. The predicted octanol–water partition coefficient (Wildman–Crippen LogP) is 2.24. The van der Waals surface area contributed by atoms with Crippen LogP contribution < -0.4 is 15.2 Å². The molecule has 0 bridgehead atoms. The number of carbonyl (C=O) groups excluding carboxylic acids is 1. The zero-order valence-electron chi connectivity index (χ0n) is 21.7. The van der Waals surface area contributed by atoms with Gasteiger partial charge >= 0.3 is 6.16 Å². The van der Waals surface area contributed by atoms with Crippen molar-refractivity contribution in [3.05, 3.63) is 35.9 Å². The normalized spacial score (nSPS) is 18.4. The maximum Gasteiger partial charge on any atom is 0.528 e. The molecular formula is C24H30FN5O8S. The molecule has 1 saturated heterocycles. The fourth-order valence-corrected chi connectivity index (χ4v) is 4.43. The molecule has 2 aliphatic rings. The molecule has 0 aliphatic carbocycles. The first kappa shape index (κ1) is 28.4. The molecule has 0 amide bonds. The Morgan fingerprint density at radius 2 is 1.95 bits per heavy atom. The Bertz CT molecular complexity index is 1330. The number of nitrogens with two attached hydrogens (primary N) is 1. The number of benzene rings is 1. The molecule has 4 rings (SSSR count). The molecule has 2 N–H and O–H groups in total. The summed E-state index contributed by atoms with van der Waals surface area (Å²) in [7, 11) is -3.61. The van der Waals surface area contributed by atoms with Crippen molar-refractivity contribution >= 4 is 21.9 Å². The molecule has 39 heavy (non-hydrogen) atoms. The van der Waals surface area contributed by atoms with Gasteiger partial charge in [-0.1, -0.05) is 0 Å². The fourth-order valence-electron chi connectivity index (χ4n) is 3.80. The minimum absolute atomic E-state index is 0.0976. The lowest BCUT2D eigenvalue weighted by molar-refractivity contribution is -0.151. The quantitative estimate of drug-likeness (QED) is 0.440. The largest absolute Gasteiger partial charge is 0.528 e. The summed E-state index contributed by atoms with van der Waals surface area (Å²) in [5.74, 6) is -1.03. The highest BCUT2D eigenvalue weighted by molar-refractivity contribution is 7.90. The van der Waals surface area contributed by atoms with Crippen LogP contribution in [0.5, 0.6) is 17.5 Å². The van der Waals surface area contributed by atoms with Crippen molar-refractivity contribution in [2.45, 2.75) is 49.9 Å². The fraction of sp³-hybridized carbons (Fsp3) is 0.500. The summed E-state index contributed by atoms with van der Waals surface area (Å²) in [5, 5.41) is 1.50. The number of hydrogen-bond donors (Lipinski definition) is 1. The Morgan fingerprint density at radius 1 is 1.23 bits per heavy atom. The number of rotatable bonds is 9. The molecule has 3 heterocycles. The van der Waals surface area contributed by atoms with Gasteiger partial charge in [-0.2, -0.15) is 0 Å². The van der Waals surface area contributed by atoms with Gasteiger partial charge in [-0.25, -0.2) is 32.6 Å². The van der Waals surface area contributed by atoms with E-state index in [-0.39, 0.29) is 58.7 Å². The summed E-state index contributed by atoms with van der Waals surface area (Å²) in [6.07, 6.45) is 1.40. The number of hydrogen-bond acceptors (Lipinski definition) is 13. The molecule has 15 heteroatoms. The van der Waals surface area contributed by atoms with Crippen LogP contribution in [0, 0.1) is 5.82 Å². The first-order chi connectivity index (χ1) is 18.5. The van der Waals surface area contributed by atoms with E-state index in [1.165, 1.54) is 23.5 Å². The maximum absolute atomic E-state index is 14.8. The minimum atomic E-state index is -3.61. The van der Waals surface area contributed by atoms with Crippen LogP contribution in [0.15, 0.2) is 34.4 Å². The molecule has 2 aromatic rings. The van der Waals surface area contributed by atoms with Crippen molar-refractivity contribution in [1.82, 2.24) is 15.0 Å². The Labute approximate surface area is 224 Å². The van der Waals surface area contributed by atoms with Gasteiger partial charge < -0.3 is 29.5 Å². The van der Waals surface area contributed by atoms with Gasteiger partial charge in [0.2, 0.25) is 17.7 Å². The highest BCUT2D eigenvalue weighted by Gasteiger charge is 2.31. The minimum Gasteiger partial charge on any atom is -0.474 e. The zero-order valence-corrected chi connectivity index (χ0v) is 22.5. The number of nitrogens with zero attached hydrogens (tertiary/aromatic N) is 4. The highest BCUT2D eigenvalue weighted by Crippen LogP contribution is 2.34. The van der Waals surface area contributed by atoms with Crippen molar-refractivity contribution in [3.63, 3.8) is 0 Å². The van der Waals surface area contributed by atoms with E-state index in [9.17, 15) is 17.6 Å². The summed E-state index contributed by atoms with van der Waals surface area (Å²) >= 11 is 0. The monoisotopic (exact) mass is 567 g/mol. The van der Waals surface area contributed by atoms with E-state index in [1.54, 1.807) is 13.8 Å². The number of sulfone groups is 1. The van der Waals surface area contributed by atoms with Gasteiger partial charge in [0.1, 0.15) is 18.5 Å². The van der Waals surface area contributed by atoms with Gasteiger partial charge in [-0.15, -0.1) is 5.06 Å². The molecule has 0 radical (unpaired) electrons. The molecule has 212 valence electrons. The van der Waals surface area contributed by atoms with Crippen LogP contribution in [-0.2, 0) is 24.1 Å². The topological polar surface area (TPSA) is 165 Å². The van der Waals surface area contributed by atoms with Crippen LogP contribution in [0.3, 0.4) is 0 Å². The molecule has 2 aliphatic heterocycles. The number of hydroxylamine groups is 2. The number of halogens is 1. The lowest BCUT2D eigenvalue weighted by Gasteiger charge is -2.30. The van der Waals surface area contributed by atoms with Gasteiger partial charge in [0.25, 0.3) is 0 Å². The molecule has 1 atom stereocenters. The predicted molar refractivity (Wildman–Crippen MR) is 135 cm³/mol. The van der Waals surface area contributed by atoms with Gasteiger partial charge in [-0.3, -0.25) is 0 Å². The molecular weight excluding hydrogens is 537 g/mol. The number of ether oxygens (including phenoxy) is 4. The molecule has 13 nitrogen and oxygen atoms in total. The molecule has 0 saturated carbocycles. The average Bonchev–Trinajstić information content (AvgIpc) is 3.34.